The third kappa shape index (κ3) is 2.09. The summed E-state index contributed by atoms with van der Waals surface area (Å²) in [7, 11) is 2.79. The molecule has 9 nitrogen and oxygen atoms in total. The highest BCUT2D eigenvalue weighted by molar-refractivity contribution is 5.97. The van der Waals surface area contributed by atoms with Crippen LogP contribution < -0.4 is 0 Å². The number of carbonyl (C=O) groups excluding carboxylic acids is 3. The van der Waals surface area contributed by atoms with Crippen LogP contribution in [0.1, 0.15) is 47.0 Å². The average molecular weight is 450 g/mol. The van der Waals surface area contributed by atoms with Gasteiger partial charge in [-0.15, -0.1) is 0 Å². The lowest BCUT2D eigenvalue weighted by atomic mass is 9.52. The van der Waals surface area contributed by atoms with Crippen LogP contribution in [0.25, 0.3) is 0 Å². The van der Waals surface area contributed by atoms with E-state index in [-0.39, 0.29) is 18.1 Å². The van der Waals surface area contributed by atoms with E-state index in [1.165, 1.54) is 14.2 Å². The number of ether oxygens (including phenoxy) is 6. The molecule has 5 aliphatic rings. The molecule has 3 saturated heterocycles. The first-order chi connectivity index (χ1) is 15.0. The van der Waals surface area contributed by atoms with Gasteiger partial charge in [0.1, 0.15) is 12.9 Å². The van der Waals surface area contributed by atoms with E-state index in [1.807, 2.05) is 0 Å². The lowest BCUT2D eigenvalue weighted by Gasteiger charge is -2.46. The van der Waals surface area contributed by atoms with Crippen molar-refractivity contribution in [2.75, 3.05) is 21.0 Å². The number of rotatable bonds is 4. The van der Waals surface area contributed by atoms with E-state index in [2.05, 4.69) is 20.8 Å². The molecule has 0 radical (unpaired) electrons. The molecule has 5 rings (SSSR count). The van der Waals surface area contributed by atoms with Crippen molar-refractivity contribution in [1.29, 1.82) is 0 Å². The lowest BCUT2D eigenvalue weighted by molar-refractivity contribution is -0.191. The third-order valence-electron chi connectivity index (χ3n) is 8.60. The smallest absolute Gasteiger partial charge is 0.344 e. The van der Waals surface area contributed by atoms with E-state index >= 15 is 0 Å². The Labute approximate surface area is 186 Å². The molecule has 2 spiro atoms. The Morgan fingerprint density at radius 3 is 2.53 bits per heavy atom. The van der Waals surface area contributed by atoms with Gasteiger partial charge in [-0.3, -0.25) is 0 Å². The van der Waals surface area contributed by atoms with Crippen molar-refractivity contribution in [1.82, 2.24) is 0 Å². The summed E-state index contributed by atoms with van der Waals surface area (Å²) in [6.45, 7) is 7.85. The second kappa shape index (κ2) is 6.55. The predicted octanol–water partition coefficient (Wildman–Crippen LogP) is 1.87. The second-order valence-electron chi connectivity index (χ2n) is 10.6. The summed E-state index contributed by atoms with van der Waals surface area (Å²) in [5.74, 6) is -1.68. The van der Waals surface area contributed by atoms with Gasteiger partial charge in [0.05, 0.1) is 17.9 Å². The Balaban J connectivity index is 1.79. The van der Waals surface area contributed by atoms with E-state index in [9.17, 15) is 14.4 Å². The number of carbonyl (C=O) groups is 3. The van der Waals surface area contributed by atoms with Gasteiger partial charge in [-0.25, -0.2) is 14.4 Å². The molecule has 3 heterocycles. The minimum Gasteiger partial charge on any atom is -0.466 e. The van der Waals surface area contributed by atoms with Gasteiger partial charge < -0.3 is 28.4 Å². The number of hydrogen-bond acceptors (Lipinski definition) is 9. The highest BCUT2D eigenvalue weighted by Crippen LogP contribution is 2.83. The maximum atomic E-state index is 13.5. The topological polar surface area (TPSA) is 107 Å². The highest BCUT2D eigenvalue weighted by Gasteiger charge is 2.95. The molecule has 0 amide bonds. The number of hydrogen-bond donors (Lipinski definition) is 0. The summed E-state index contributed by atoms with van der Waals surface area (Å²) in [6.07, 6.45) is -0.904. The zero-order valence-corrected chi connectivity index (χ0v) is 19.3. The molecule has 0 aromatic heterocycles. The quantitative estimate of drug-likeness (QED) is 0.275. The van der Waals surface area contributed by atoms with Crippen LogP contribution in [0.4, 0.5) is 0 Å². The molecule has 0 aromatic carbocycles. The largest absolute Gasteiger partial charge is 0.466 e. The summed E-state index contributed by atoms with van der Waals surface area (Å²) in [4.78, 5) is 39.1. The van der Waals surface area contributed by atoms with E-state index in [0.717, 1.165) is 0 Å². The van der Waals surface area contributed by atoms with Crippen molar-refractivity contribution < 1.29 is 42.8 Å². The molecule has 2 saturated carbocycles. The Morgan fingerprint density at radius 1 is 1.19 bits per heavy atom. The Kier molecular flexibility index (Phi) is 4.47. The SMILES string of the molecule is COCO[C@H]1C(=O)O[C@H]2O[C@]34C(=O)O[C@@H]5C[C@@H](C(C)(C)C)C21C53CC/C4=C(/C)C(=O)OC. The van der Waals surface area contributed by atoms with Gasteiger partial charge in [-0.2, -0.15) is 0 Å². The van der Waals surface area contributed by atoms with Gasteiger partial charge in [0, 0.05) is 12.7 Å². The van der Waals surface area contributed by atoms with Crippen molar-refractivity contribution in [3.63, 3.8) is 0 Å². The van der Waals surface area contributed by atoms with Crippen LogP contribution in [0.5, 0.6) is 0 Å². The van der Waals surface area contributed by atoms with E-state index in [0.29, 0.717) is 30.4 Å². The van der Waals surface area contributed by atoms with Crippen LogP contribution in [0, 0.1) is 22.2 Å². The fraction of sp³-hybridized carbons (Fsp3) is 0.783. The monoisotopic (exact) mass is 450 g/mol. The normalized spacial score (nSPS) is 45.3. The molecule has 9 heteroatoms. The molecular weight excluding hydrogens is 420 g/mol. The van der Waals surface area contributed by atoms with Crippen molar-refractivity contribution in [3.05, 3.63) is 11.1 Å². The lowest BCUT2D eigenvalue weighted by Crippen LogP contribution is -2.58. The first-order valence-corrected chi connectivity index (χ1v) is 11.0. The first kappa shape index (κ1) is 21.9. The summed E-state index contributed by atoms with van der Waals surface area (Å²) < 4.78 is 34.3. The summed E-state index contributed by atoms with van der Waals surface area (Å²) >= 11 is 0. The van der Waals surface area contributed by atoms with Gasteiger partial charge in [-0.1, -0.05) is 20.8 Å². The van der Waals surface area contributed by atoms with Crippen LogP contribution in [-0.2, 0) is 42.8 Å². The molecule has 0 bridgehead atoms. The van der Waals surface area contributed by atoms with Gasteiger partial charge >= 0.3 is 17.9 Å². The Morgan fingerprint density at radius 2 is 1.91 bits per heavy atom. The van der Waals surface area contributed by atoms with E-state index < -0.39 is 52.8 Å². The molecule has 2 unspecified atom stereocenters. The van der Waals surface area contributed by atoms with Gasteiger partial charge in [0.15, 0.2) is 6.10 Å². The van der Waals surface area contributed by atoms with Gasteiger partial charge in [-0.05, 0) is 43.1 Å². The predicted molar refractivity (Wildman–Crippen MR) is 107 cm³/mol. The van der Waals surface area contributed by atoms with E-state index in [4.69, 9.17) is 28.4 Å². The molecule has 32 heavy (non-hydrogen) atoms. The fourth-order valence-corrected chi connectivity index (χ4v) is 7.74. The molecule has 3 aliphatic heterocycles. The average Bonchev–Trinajstić information content (AvgIpc) is 3.41. The minimum absolute atomic E-state index is 0.0997. The van der Waals surface area contributed by atoms with Gasteiger partial charge in [0.2, 0.25) is 11.9 Å². The molecule has 0 aromatic rings. The molecule has 7 atom stereocenters. The molecule has 0 N–H and O–H groups in total. The Hall–Kier alpha value is -1.97. The molecular formula is C23H30O9. The van der Waals surface area contributed by atoms with Crippen LogP contribution in [-0.4, -0.2) is 63.0 Å². The number of esters is 3. The summed E-state index contributed by atoms with van der Waals surface area (Å²) in [5.41, 5.74) is -2.74. The second-order valence-corrected chi connectivity index (χ2v) is 10.6. The molecule has 176 valence electrons. The fourth-order valence-electron chi connectivity index (χ4n) is 7.74. The standard InChI is InChI=1S/C23H30O9/c1-11(16(24)28-6)12-7-8-21-14-9-13(20(2,3)4)22(21)15(29-10-27-5)17(25)31-19(22)32-23(12,21)18(26)30-14/h13-15,19H,7-10H2,1-6H3/b12-11+/t13-,14+,15-,19-,21?,22?,23+/m0/s1. The van der Waals surface area contributed by atoms with Crippen LogP contribution in [0.3, 0.4) is 0 Å². The van der Waals surface area contributed by atoms with Crippen LogP contribution >= 0.6 is 0 Å². The summed E-state index contributed by atoms with van der Waals surface area (Å²) in [6, 6.07) is 0. The zero-order chi connectivity index (χ0) is 23.3. The summed E-state index contributed by atoms with van der Waals surface area (Å²) in [5, 5.41) is 0. The minimum atomic E-state index is -1.50. The highest BCUT2D eigenvalue weighted by atomic mass is 16.8. The van der Waals surface area contributed by atoms with Crippen molar-refractivity contribution in [2.45, 2.75) is 71.1 Å². The van der Waals surface area contributed by atoms with Gasteiger partial charge in [0.25, 0.3) is 0 Å². The van der Waals surface area contributed by atoms with Crippen LogP contribution in [0.15, 0.2) is 11.1 Å². The third-order valence-corrected chi connectivity index (χ3v) is 8.60. The van der Waals surface area contributed by atoms with Crippen molar-refractivity contribution in [3.8, 4) is 0 Å². The van der Waals surface area contributed by atoms with Crippen LogP contribution in [0.2, 0.25) is 0 Å². The molecule has 2 aliphatic carbocycles. The number of methoxy groups -OCH3 is 2. The first-order valence-electron chi connectivity index (χ1n) is 11.0. The Bertz CT molecular complexity index is 932. The van der Waals surface area contributed by atoms with Crippen molar-refractivity contribution in [2.24, 2.45) is 22.2 Å². The maximum absolute atomic E-state index is 13.5. The molecule has 5 fully saturated rings. The van der Waals surface area contributed by atoms with E-state index in [1.54, 1.807) is 6.92 Å². The zero-order valence-electron chi connectivity index (χ0n) is 19.3. The maximum Gasteiger partial charge on any atom is 0.344 e. The van der Waals surface area contributed by atoms with Crippen molar-refractivity contribution >= 4 is 17.9 Å².